The molecule has 0 saturated carbocycles. The van der Waals surface area contributed by atoms with Crippen molar-refractivity contribution in [2.24, 2.45) is 0 Å². The van der Waals surface area contributed by atoms with Gasteiger partial charge in [-0.15, -0.1) is 0 Å². The molecule has 1 aromatic heterocycles. The highest BCUT2D eigenvalue weighted by atomic mass is 16.5. The van der Waals surface area contributed by atoms with Crippen molar-refractivity contribution in [1.82, 2.24) is 10.1 Å². The van der Waals surface area contributed by atoms with Crippen molar-refractivity contribution in [1.29, 1.82) is 0 Å². The van der Waals surface area contributed by atoms with E-state index in [2.05, 4.69) is 10.1 Å². The van der Waals surface area contributed by atoms with E-state index in [1.165, 1.54) is 0 Å². The van der Waals surface area contributed by atoms with Gasteiger partial charge in [-0.3, -0.25) is 4.90 Å². The van der Waals surface area contributed by atoms with E-state index < -0.39 is 0 Å². The molecule has 1 saturated heterocycles. The van der Waals surface area contributed by atoms with Gasteiger partial charge in [-0.25, -0.2) is 0 Å². The van der Waals surface area contributed by atoms with Crippen LogP contribution in [0.5, 0.6) is 0 Å². The Kier molecular flexibility index (Phi) is 2.77. The first-order valence-corrected chi connectivity index (χ1v) is 4.97. The molecule has 84 valence electrons. The molecule has 1 aromatic rings. The summed E-state index contributed by atoms with van der Waals surface area (Å²) >= 11 is 0. The molecule has 0 spiro atoms. The topological polar surface area (TPSA) is 58.7 Å². The quantitative estimate of drug-likeness (QED) is 0.763. The smallest absolute Gasteiger partial charge is 0.162 e. The summed E-state index contributed by atoms with van der Waals surface area (Å²) in [5.41, 5.74) is 0.917. The first-order chi connectivity index (χ1) is 7.16. The van der Waals surface area contributed by atoms with Crippen molar-refractivity contribution in [3.05, 3.63) is 17.5 Å². The van der Waals surface area contributed by atoms with E-state index in [1.54, 1.807) is 6.07 Å². The van der Waals surface area contributed by atoms with Crippen molar-refractivity contribution in [3.63, 3.8) is 0 Å². The molecule has 0 bridgehead atoms. The van der Waals surface area contributed by atoms with E-state index in [9.17, 15) is 0 Å². The lowest BCUT2D eigenvalue weighted by molar-refractivity contribution is -0.124. The predicted molar refractivity (Wildman–Crippen MR) is 53.4 cm³/mol. The van der Waals surface area contributed by atoms with Crippen LogP contribution < -0.4 is 0 Å². The molecule has 0 aliphatic carbocycles. The van der Waals surface area contributed by atoms with E-state index >= 15 is 0 Å². The molecule has 1 fully saturated rings. The Balaban J connectivity index is 2.06. The van der Waals surface area contributed by atoms with Gasteiger partial charge in [-0.1, -0.05) is 5.16 Å². The third-order valence-electron chi connectivity index (χ3n) is 2.96. The van der Waals surface area contributed by atoms with Crippen molar-refractivity contribution in [2.75, 3.05) is 27.3 Å². The van der Waals surface area contributed by atoms with Crippen LogP contribution in [-0.2, 0) is 17.8 Å². The number of aliphatic hydroxyl groups excluding tert-OH is 1. The van der Waals surface area contributed by atoms with Crippen LogP contribution in [0.15, 0.2) is 10.6 Å². The molecule has 0 unspecified atom stereocenters. The summed E-state index contributed by atoms with van der Waals surface area (Å²) < 4.78 is 10.2. The minimum absolute atomic E-state index is 0.0452. The molecule has 1 aliphatic heterocycles. The minimum Gasteiger partial charge on any atom is -0.388 e. The number of likely N-dealkylation sites (N-methyl/N-ethyl adjacent to an activating group) is 1. The summed E-state index contributed by atoms with van der Waals surface area (Å²) in [4.78, 5) is 2.16. The number of rotatable bonds is 4. The molecule has 0 radical (unpaired) electrons. The van der Waals surface area contributed by atoms with E-state index in [-0.39, 0.29) is 12.1 Å². The number of aromatic nitrogens is 1. The fourth-order valence-electron chi connectivity index (χ4n) is 1.71. The zero-order valence-corrected chi connectivity index (χ0v) is 9.06. The monoisotopic (exact) mass is 212 g/mol. The van der Waals surface area contributed by atoms with Crippen LogP contribution >= 0.6 is 0 Å². The molecule has 0 aromatic carbocycles. The molecule has 0 amide bonds. The maximum atomic E-state index is 8.86. The molecule has 15 heavy (non-hydrogen) atoms. The van der Waals surface area contributed by atoms with Crippen LogP contribution in [0.25, 0.3) is 0 Å². The number of hydrogen-bond donors (Lipinski definition) is 1. The van der Waals surface area contributed by atoms with Crippen molar-refractivity contribution in [2.45, 2.75) is 18.6 Å². The van der Waals surface area contributed by atoms with E-state index in [0.717, 1.165) is 25.3 Å². The van der Waals surface area contributed by atoms with E-state index in [0.29, 0.717) is 5.76 Å². The Hall–Kier alpha value is -0.910. The summed E-state index contributed by atoms with van der Waals surface area (Å²) in [6.45, 7) is 1.35. The second kappa shape index (κ2) is 3.92. The van der Waals surface area contributed by atoms with Crippen LogP contribution in [0.2, 0.25) is 0 Å². The van der Waals surface area contributed by atoms with Gasteiger partial charge < -0.3 is 14.4 Å². The number of ether oxygens (including phenoxy) is 1. The van der Waals surface area contributed by atoms with Crippen molar-refractivity contribution < 1.29 is 14.4 Å². The van der Waals surface area contributed by atoms with Crippen molar-refractivity contribution >= 4 is 0 Å². The molecule has 5 nitrogen and oxygen atoms in total. The Bertz CT molecular complexity index is 331. The van der Waals surface area contributed by atoms with Gasteiger partial charge in [0.15, 0.2) is 5.76 Å². The highest BCUT2D eigenvalue weighted by Crippen LogP contribution is 2.27. The average molecular weight is 212 g/mol. The predicted octanol–water partition coefficient (Wildman–Crippen LogP) is 0.0400. The molecule has 1 aliphatic rings. The van der Waals surface area contributed by atoms with E-state index in [1.807, 2.05) is 14.1 Å². The molecular formula is C10H16N2O3. The first-order valence-electron chi connectivity index (χ1n) is 4.97. The standard InChI is InChI=1S/C10H16N2O3/c1-12(2)10(6-14-7-10)4-8-3-9(5-13)15-11-8/h3,13H,4-7H2,1-2H3. The highest BCUT2D eigenvalue weighted by Gasteiger charge is 2.41. The second-order valence-corrected chi connectivity index (χ2v) is 4.23. The third kappa shape index (κ3) is 1.90. The van der Waals surface area contributed by atoms with Gasteiger partial charge in [-0.2, -0.15) is 0 Å². The van der Waals surface area contributed by atoms with Gasteiger partial charge in [0.05, 0.1) is 24.4 Å². The molecule has 2 rings (SSSR count). The lowest BCUT2D eigenvalue weighted by Crippen LogP contribution is -2.61. The fraction of sp³-hybridized carbons (Fsp3) is 0.700. The maximum Gasteiger partial charge on any atom is 0.162 e. The number of hydrogen-bond acceptors (Lipinski definition) is 5. The second-order valence-electron chi connectivity index (χ2n) is 4.23. The molecular weight excluding hydrogens is 196 g/mol. The third-order valence-corrected chi connectivity index (χ3v) is 2.96. The Morgan fingerprint density at radius 1 is 1.53 bits per heavy atom. The Morgan fingerprint density at radius 2 is 2.27 bits per heavy atom. The lowest BCUT2D eigenvalue weighted by Gasteiger charge is -2.46. The first kappa shape index (κ1) is 10.6. The number of aliphatic hydroxyl groups is 1. The van der Waals surface area contributed by atoms with Crippen LogP contribution in [0.1, 0.15) is 11.5 Å². The molecule has 1 N–H and O–H groups in total. The molecule has 2 heterocycles. The van der Waals surface area contributed by atoms with E-state index in [4.69, 9.17) is 14.4 Å². The molecule has 5 heteroatoms. The zero-order valence-electron chi connectivity index (χ0n) is 9.06. The highest BCUT2D eigenvalue weighted by molar-refractivity contribution is 5.11. The van der Waals surface area contributed by atoms with Gasteiger partial charge >= 0.3 is 0 Å². The van der Waals surface area contributed by atoms with Gasteiger partial charge in [0, 0.05) is 12.5 Å². The summed E-state index contributed by atoms with van der Waals surface area (Å²) in [6, 6.07) is 1.80. The SMILES string of the molecule is CN(C)C1(Cc2cc(CO)on2)COC1. The van der Waals surface area contributed by atoms with Crippen LogP contribution in [-0.4, -0.2) is 48.0 Å². The normalized spacial score (nSPS) is 19.2. The van der Waals surface area contributed by atoms with Gasteiger partial charge in [-0.05, 0) is 14.1 Å². The maximum absolute atomic E-state index is 8.86. The average Bonchev–Trinajstić information content (AvgIpc) is 2.58. The summed E-state index contributed by atoms with van der Waals surface area (Å²) in [5, 5.41) is 12.8. The van der Waals surface area contributed by atoms with Crippen LogP contribution in [0, 0.1) is 0 Å². The largest absolute Gasteiger partial charge is 0.388 e. The zero-order chi connectivity index (χ0) is 10.9. The minimum atomic E-state index is -0.0987. The Morgan fingerprint density at radius 3 is 2.67 bits per heavy atom. The summed E-state index contributed by atoms with van der Waals surface area (Å²) in [6.07, 6.45) is 0.795. The summed E-state index contributed by atoms with van der Waals surface area (Å²) in [7, 11) is 4.07. The Labute approximate surface area is 88.6 Å². The molecule has 0 atom stereocenters. The van der Waals surface area contributed by atoms with Crippen LogP contribution in [0.4, 0.5) is 0 Å². The van der Waals surface area contributed by atoms with Gasteiger partial charge in [0.2, 0.25) is 0 Å². The summed E-state index contributed by atoms with van der Waals surface area (Å²) in [5.74, 6) is 0.513. The fourth-order valence-corrected chi connectivity index (χ4v) is 1.71. The van der Waals surface area contributed by atoms with Gasteiger partial charge in [0.1, 0.15) is 6.61 Å². The van der Waals surface area contributed by atoms with Gasteiger partial charge in [0.25, 0.3) is 0 Å². The van der Waals surface area contributed by atoms with Crippen LogP contribution in [0.3, 0.4) is 0 Å². The van der Waals surface area contributed by atoms with Crippen molar-refractivity contribution in [3.8, 4) is 0 Å². The lowest BCUT2D eigenvalue weighted by atomic mass is 9.90. The number of nitrogens with zero attached hydrogens (tertiary/aromatic N) is 2.